The van der Waals surface area contributed by atoms with Gasteiger partial charge < -0.3 is 0 Å². The van der Waals surface area contributed by atoms with Crippen molar-refractivity contribution in [2.75, 3.05) is 0 Å². The smallest absolute Gasteiger partial charge is 0.258 e. The molecule has 0 aromatic heterocycles. The van der Waals surface area contributed by atoms with Crippen LogP contribution >= 0.6 is 0 Å². The maximum Gasteiger partial charge on any atom is 0.284 e. The van der Waals surface area contributed by atoms with Gasteiger partial charge in [0.25, 0.3) is 17.1 Å². The van der Waals surface area contributed by atoms with Crippen LogP contribution in [0.4, 0.5) is 27.1 Å². The number of halogens is 1. The second-order valence-electron chi connectivity index (χ2n) is 6.78. The van der Waals surface area contributed by atoms with Gasteiger partial charge in [0.2, 0.25) is 0 Å². The normalized spacial score (nSPS) is 13.0. The van der Waals surface area contributed by atoms with Crippen molar-refractivity contribution in [3.05, 3.63) is 101 Å². The lowest BCUT2D eigenvalue weighted by atomic mass is 10.0. The van der Waals surface area contributed by atoms with Crippen LogP contribution in [0.2, 0.25) is 0 Å². The Bertz CT molecular complexity index is 1350. The molecule has 0 unspecified atom stereocenters. The highest BCUT2D eigenvalue weighted by Gasteiger charge is 2.36. The van der Waals surface area contributed by atoms with Crippen molar-refractivity contribution in [3.8, 4) is 11.1 Å². The molecule has 0 radical (unpaired) electrons. The van der Waals surface area contributed by atoms with Gasteiger partial charge in [0.1, 0.15) is 5.82 Å². The molecule has 31 heavy (non-hydrogen) atoms. The van der Waals surface area contributed by atoms with E-state index in [1.807, 2.05) is 0 Å². The number of rotatable bonds is 4. The third kappa shape index (κ3) is 3.27. The summed E-state index contributed by atoms with van der Waals surface area (Å²) in [4.78, 5) is 36.6. The van der Waals surface area contributed by atoms with Gasteiger partial charge in [0.15, 0.2) is 0 Å². The van der Waals surface area contributed by atoms with E-state index in [4.69, 9.17) is 0 Å². The summed E-state index contributed by atoms with van der Waals surface area (Å²) in [6.07, 6.45) is 0. The van der Waals surface area contributed by atoms with E-state index in [1.165, 1.54) is 36.4 Å². The molecule has 0 saturated heterocycles. The van der Waals surface area contributed by atoms with Crippen LogP contribution in [0.3, 0.4) is 0 Å². The van der Waals surface area contributed by atoms with E-state index in [0.29, 0.717) is 16.8 Å². The third-order valence-corrected chi connectivity index (χ3v) is 4.89. The molecule has 0 N–H and O–H groups in total. The molecule has 10 nitrogen and oxygen atoms in total. The molecule has 1 aliphatic rings. The Morgan fingerprint density at radius 3 is 2.06 bits per heavy atom. The minimum atomic E-state index is -0.764. The van der Waals surface area contributed by atoms with E-state index in [9.17, 15) is 34.7 Å². The number of hydrogen-bond donors (Lipinski definition) is 0. The van der Waals surface area contributed by atoms with Gasteiger partial charge in [-0.3, -0.25) is 30.3 Å². The first kappa shape index (κ1) is 19.8. The molecule has 0 saturated carbocycles. The Morgan fingerprint density at radius 2 is 1.45 bits per heavy atom. The maximum atomic E-state index is 13.5. The Labute approximate surface area is 172 Å². The van der Waals surface area contributed by atoms with Gasteiger partial charge in [-0.05, 0) is 42.3 Å². The van der Waals surface area contributed by atoms with Gasteiger partial charge in [-0.25, -0.2) is 9.38 Å². The van der Waals surface area contributed by atoms with Crippen LogP contribution in [-0.2, 0) is 0 Å². The van der Waals surface area contributed by atoms with E-state index in [1.54, 1.807) is 6.92 Å². The molecule has 0 fully saturated rings. The van der Waals surface area contributed by atoms with Crippen molar-refractivity contribution >= 4 is 28.5 Å². The number of nitro groups is 3. The SMILES string of the molecule is Cc1cc(F)ccc1N=C1c2cc([N+](=O)[O-])ccc2-c2c1cc([N+](=O)[O-])cc2[N+](=O)[O-]. The van der Waals surface area contributed by atoms with E-state index in [2.05, 4.69) is 4.99 Å². The lowest BCUT2D eigenvalue weighted by molar-refractivity contribution is -0.393. The molecular weight excluding hydrogens is 411 g/mol. The summed E-state index contributed by atoms with van der Waals surface area (Å²) in [5.74, 6) is -0.490. The Kier molecular flexibility index (Phi) is 4.50. The summed E-state index contributed by atoms with van der Waals surface area (Å²) in [5.41, 5.74) is 0.249. The predicted octanol–water partition coefficient (Wildman–Crippen LogP) is 5.01. The molecule has 0 aliphatic heterocycles. The molecular formula is C20H11FN4O6. The van der Waals surface area contributed by atoms with Crippen molar-refractivity contribution in [2.24, 2.45) is 4.99 Å². The first-order valence-electron chi connectivity index (χ1n) is 8.78. The fourth-order valence-electron chi connectivity index (χ4n) is 3.52. The molecule has 0 bridgehead atoms. The number of aliphatic imine (C=N–C) groups is 1. The zero-order valence-electron chi connectivity index (χ0n) is 15.7. The molecule has 0 spiro atoms. The predicted molar refractivity (Wildman–Crippen MR) is 108 cm³/mol. The Balaban J connectivity index is 2.10. The first-order valence-corrected chi connectivity index (χ1v) is 8.78. The van der Waals surface area contributed by atoms with Gasteiger partial charge in [0, 0.05) is 29.3 Å². The maximum absolute atomic E-state index is 13.5. The molecule has 4 rings (SSSR count). The zero-order chi connectivity index (χ0) is 22.4. The van der Waals surface area contributed by atoms with E-state index < -0.39 is 32.0 Å². The Hall–Kier alpha value is -4.54. The van der Waals surface area contributed by atoms with Crippen LogP contribution in [0, 0.1) is 43.1 Å². The highest BCUT2D eigenvalue weighted by molar-refractivity contribution is 6.27. The number of fused-ring (bicyclic) bond motifs is 3. The van der Waals surface area contributed by atoms with Gasteiger partial charge in [0.05, 0.1) is 37.8 Å². The van der Waals surface area contributed by atoms with Crippen LogP contribution in [0.25, 0.3) is 11.1 Å². The molecule has 0 heterocycles. The van der Waals surface area contributed by atoms with Crippen molar-refractivity contribution in [1.82, 2.24) is 0 Å². The van der Waals surface area contributed by atoms with Crippen LogP contribution in [-0.4, -0.2) is 20.5 Å². The molecule has 154 valence electrons. The van der Waals surface area contributed by atoms with E-state index >= 15 is 0 Å². The average Bonchev–Trinajstić information content (AvgIpc) is 3.02. The quantitative estimate of drug-likeness (QED) is 0.334. The van der Waals surface area contributed by atoms with E-state index in [-0.39, 0.29) is 28.1 Å². The van der Waals surface area contributed by atoms with Crippen LogP contribution in [0.1, 0.15) is 16.7 Å². The summed E-state index contributed by atoms with van der Waals surface area (Å²) in [7, 11) is 0. The molecule has 3 aromatic rings. The lowest BCUT2D eigenvalue weighted by Gasteiger charge is -2.05. The average molecular weight is 422 g/mol. The molecule has 0 amide bonds. The molecule has 0 atom stereocenters. The lowest BCUT2D eigenvalue weighted by Crippen LogP contribution is -2.02. The number of nitro benzene ring substituents is 3. The monoisotopic (exact) mass is 422 g/mol. The fraction of sp³-hybridized carbons (Fsp3) is 0.0500. The molecule has 1 aliphatic carbocycles. The summed E-state index contributed by atoms with van der Waals surface area (Å²) in [6, 6.07) is 9.54. The second kappa shape index (κ2) is 7.06. The van der Waals surface area contributed by atoms with Crippen LogP contribution < -0.4 is 0 Å². The van der Waals surface area contributed by atoms with Crippen molar-refractivity contribution in [1.29, 1.82) is 0 Å². The van der Waals surface area contributed by atoms with Crippen molar-refractivity contribution in [3.63, 3.8) is 0 Å². The largest absolute Gasteiger partial charge is 0.284 e. The standard InChI is InChI=1S/C20H11FN4O6/c1-10-6-11(21)2-5-17(10)22-20-15-7-12(23(26)27)3-4-14(15)19-16(20)8-13(24(28)29)9-18(19)25(30)31/h2-9H,1H3. The second-order valence-corrected chi connectivity index (χ2v) is 6.78. The highest BCUT2D eigenvalue weighted by atomic mass is 19.1. The minimum absolute atomic E-state index is 0.0824. The van der Waals surface area contributed by atoms with Crippen LogP contribution in [0.5, 0.6) is 0 Å². The number of hydrogen-bond acceptors (Lipinski definition) is 7. The molecule has 3 aromatic carbocycles. The number of benzene rings is 3. The zero-order valence-corrected chi connectivity index (χ0v) is 15.7. The van der Waals surface area contributed by atoms with Gasteiger partial charge in [-0.1, -0.05) is 0 Å². The fourth-order valence-corrected chi connectivity index (χ4v) is 3.52. The summed E-state index contributed by atoms with van der Waals surface area (Å²) in [6.45, 7) is 1.60. The topological polar surface area (TPSA) is 142 Å². The summed E-state index contributed by atoms with van der Waals surface area (Å²) >= 11 is 0. The summed E-state index contributed by atoms with van der Waals surface area (Å²) in [5, 5.41) is 34.3. The third-order valence-electron chi connectivity index (χ3n) is 4.89. The Morgan fingerprint density at radius 1 is 0.774 bits per heavy atom. The van der Waals surface area contributed by atoms with Crippen molar-refractivity contribution < 1.29 is 19.2 Å². The van der Waals surface area contributed by atoms with Crippen LogP contribution in [0.15, 0.2) is 53.5 Å². The molecule has 11 heteroatoms. The van der Waals surface area contributed by atoms with Crippen molar-refractivity contribution in [2.45, 2.75) is 6.92 Å². The van der Waals surface area contributed by atoms with Gasteiger partial charge in [-0.15, -0.1) is 0 Å². The summed E-state index contributed by atoms with van der Waals surface area (Å²) < 4.78 is 13.5. The number of nitrogens with zero attached hydrogens (tertiary/aromatic N) is 4. The first-order chi connectivity index (χ1) is 14.7. The van der Waals surface area contributed by atoms with Gasteiger partial charge >= 0.3 is 0 Å². The number of aryl methyl sites for hydroxylation is 1. The number of non-ortho nitro benzene ring substituents is 2. The van der Waals surface area contributed by atoms with E-state index in [0.717, 1.165) is 12.1 Å². The van der Waals surface area contributed by atoms with Gasteiger partial charge in [-0.2, -0.15) is 0 Å². The minimum Gasteiger partial charge on any atom is -0.258 e. The highest BCUT2D eigenvalue weighted by Crippen LogP contribution is 2.46.